The van der Waals surface area contributed by atoms with Crippen molar-refractivity contribution in [2.75, 3.05) is 11.5 Å². The third-order valence-electron chi connectivity index (χ3n) is 6.92. The van der Waals surface area contributed by atoms with Crippen molar-refractivity contribution in [1.82, 2.24) is 4.90 Å². The van der Waals surface area contributed by atoms with Gasteiger partial charge in [0.1, 0.15) is 11.9 Å². The maximum Gasteiger partial charge on any atom is 0.270 e. The van der Waals surface area contributed by atoms with Crippen LogP contribution in [0.1, 0.15) is 53.0 Å². The topological polar surface area (TPSA) is 75.9 Å². The lowest BCUT2D eigenvalue weighted by atomic mass is 9.98. The number of unbranched alkanes of at least 4 members (excludes halogenated alkanes) is 1. The van der Waals surface area contributed by atoms with Crippen molar-refractivity contribution in [3.05, 3.63) is 135 Å². The van der Waals surface area contributed by atoms with Crippen molar-refractivity contribution in [3.8, 4) is 5.75 Å². The zero-order valence-corrected chi connectivity index (χ0v) is 21.9. The molecule has 4 aromatic carbocycles. The molecule has 1 aliphatic rings. The van der Waals surface area contributed by atoms with E-state index in [2.05, 4.69) is 11.8 Å². The fourth-order valence-corrected chi connectivity index (χ4v) is 4.95. The third-order valence-corrected chi connectivity index (χ3v) is 6.92. The monoisotopic (exact) mass is 521 g/mol. The highest BCUT2D eigenvalue weighted by atomic mass is 16.6. The minimum atomic E-state index is -0.458. The minimum absolute atomic E-state index is 0.103. The van der Waals surface area contributed by atoms with E-state index in [1.165, 1.54) is 12.1 Å². The minimum Gasteiger partial charge on any atom is -0.494 e. The summed E-state index contributed by atoms with van der Waals surface area (Å²) in [6, 6.07) is 32.3. The molecule has 1 amide bonds. The van der Waals surface area contributed by atoms with Crippen LogP contribution in [0.25, 0.3) is 0 Å². The number of ether oxygens (including phenoxy) is 1. The number of carbonyl (C=O) groups is 1. The number of nitro benzene ring substituents is 1. The Kier molecular flexibility index (Phi) is 7.87. The molecule has 0 N–H and O–H groups in total. The van der Waals surface area contributed by atoms with E-state index in [-0.39, 0.29) is 11.6 Å². The van der Waals surface area contributed by atoms with Gasteiger partial charge in [0, 0.05) is 25.2 Å². The van der Waals surface area contributed by atoms with Gasteiger partial charge in [0.2, 0.25) is 0 Å². The van der Waals surface area contributed by atoms with Gasteiger partial charge < -0.3 is 14.5 Å². The average molecular weight is 522 g/mol. The highest BCUT2D eigenvalue weighted by molar-refractivity contribution is 6.02. The molecule has 4 aromatic rings. The van der Waals surface area contributed by atoms with E-state index < -0.39 is 11.1 Å². The van der Waals surface area contributed by atoms with Gasteiger partial charge >= 0.3 is 0 Å². The molecular weight excluding hydrogens is 490 g/mol. The number of carbonyl (C=O) groups excluding carboxylic acids is 1. The SMILES string of the molecule is CCCCOc1ccc([C@H]2N(Cc3ccccc3)C(=O)c3cc([N+](=O)[O-])ccc3N2Cc2ccccc2)cc1. The predicted molar refractivity (Wildman–Crippen MR) is 152 cm³/mol. The average Bonchev–Trinajstić information content (AvgIpc) is 2.97. The number of hydrogen-bond acceptors (Lipinski definition) is 5. The zero-order chi connectivity index (χ0) is 27.2. The molecule has 0 unspecified atom stereocenters. The van der Waals surface area contributed by atoms with Crippen LogP contribution in [0.15, 0.2) is 103 Å². The van der Waals surface area contributed by atoms with Crippen molar-refractivity contribution < 1.29 is 14.5 Å². The van der Waals surface area contributed by atoms with Crippen molar-refractivity contribution in [2.24, 2.45) is 0 Å². The molecule has 0 radical (unpaired) electrons. The van der Waals surface area contributed by atoms with Gasteiger partial charge in [0.15, 0.2) is 0 Å². The molecule has 1 aliphatic heterocycles. The lowest BCUT2D eigenvalue weighted by Crippen LogP contribution is -2.48. The Morgan fingerprint density at radius 2 is 1.44 bits per heavy atom. The molecule has 1 atom stereocenters. The first-order chi connectivity index (χ1) is 19.0. The molecule has 0 aromatic heterocycles. The number of benzene rings is 4. The standard InChI is InChI=1S/C32H31N3O4/c1-2-3-20-39-28-17-14-26(15-18-28)31-33(22-24-10-6-4-7-11-24)30-19-16-27(35(37)38)21-29(30)32(36)34(31)23-25-12-8-5-9-13-25/h4-19,21,31H,2-3,20,22-23H2,1H3/t31-/m1/s1. The molecule has 0 spiro atoms. The van der Waals surface area contributed by atoms with E-state index in [1.54, 1.807) is 11.0 Å². The Labute approximate surface area is 228 Å². The smallest absolute Gasteiger partial charge is 0.270 e. The largest absolute Gasteiger partial charge is 0.494 e. The molecule has 0 bridgehead atoms. The summed E-state index contributed by atoms with van der Waals surface area (Å²) in [5.41, 5.74) is 3.87. The summed E-state index contributed by atoms with van der Waals surface area (Å²) in [4.78, 5) is 29.2. The van der Waals surface area contributed by atoms with Crippen molar-refractivity contribution in [2.45, 2.75) is 39.0 Å². The van der Waals surface area contributed by atoms with Gasteiger partial charge in [-0.3, -0.25) is 14.9 Å². The lowest BCUT2D eigenvalue weighted by Gasteiger charge is -2.46. The van der Waals surface area contributed by atoms with Crippen LogP contribution >= 0.6 is 0 Å². The summed E-state index contributed by atoms with van der Waals surface area (Å²) in [5, 5.41) is 11.6. The molecule has 0 aliphatic carbocycles. The van der Waals surface area contributed by atoms with Gasteiger partial charge in [0.05, 0.1) is 22.8 Å². The number of amides is 1. The van der Waals surface area contributed by atoms with Crippen LogP contribution in [0.4, 0.5) is 11.4 Å². The first-order valence-corrected chi connectivity index (χ1v) is 13.2. The number of nitrogens with zero attached hydrogens (tertiary/aromatic N) is 3. The number of rotatable bonds is 10. The van der Waals surface area contributed by atoms with E-state index >= 15 is 0 Å². The van der Waals surface area contributed by atoms with Crippen LogP contribution in [0.5, 0.6) is 5.75 Å². The Morgan fingerprint density at radius 3 is 2.03 bits per heavy atom. The number of anilines is 1. The quantitative estimate of drug-likeness (QED) is 0.126. The molecule has 7 heteroatoms. The number of non-ortho nitro benzene ring substituents is 1. The van der Waals surface area contributed by atoms with Gasteiger partial charge in [-0.15, -0.1) is 0 Å². The predicted octanol–water partition coefficient (Wildman–Crippen LogP) is 7.14. The first-order valence-electron chi connectivity index (χ1n) is 13.2. The summed E-state index contributed by atoms with van der Waals surface area (Å²) < 4.78 is 5.89. The van der Waals surface area contributed by atoms with Crippen molar-refractivity contribution >= 4 is 17.3 Å². The number of nitro groups is 1. The van der Waals surface area contributed by atoms with E-state index in [4.69, 9.17) is 4.74 Å². The highest BCUT2D eigenvalue weighted by Gasteiger charge is 2.39. The summed E-state index contributed by atoms with van der Waals surface area (Å²) in [6.07, 6.45) is 1.61. The number of fused-ring (bicyclic) bond motifs is 1. The molecule has 0 saturated heterocycles. The van der Waals surface area contributed by atoms with Crippen LogP contribution in [0.2, 0.25) is 0 Å². The summed E-state index contributed by atoms with van der Waals surface area (Å²) in [5.74, 6) is 0.546. The fourth-order valence-electron chi connectivity index (χ4n) is 4.95. The fraction of sp³-hybridized carbons (Fsp3) is 0.219. The molecule has 5 rings (SSSR count). The van der Waals surface area contributed by atoms with Crippen molar-refractivity contribution in [1.29, 1.82) is 0 Å². The number of hydrogen-bond donors (Lipinski definition) is 0. The van der Waals surface area contributed by atoms with Crippen LogP contribution in [-0.4, -0.2) is 22.3 Å². The third kappa shape index (κ3) is 5.77. The first kappa shape index (κ1) is 26.0. The van der Waals surface area contributed by atoms with Crippen LogP contribution in [0.3, 0.4) is 0 Å². The Balaban J connectivity index is 1.62. The lowest BCUT2D eigenvalue weighted by molar-refractivity contribution is -0.384. The maximum absolute atomic E-state index is 14.1. The van der Waals surface area contributed by atoms with Crippen LogP contribution in [0, 0.1) is 10.1 Å². The van der Waals surface area contributed by atoms with Gasteiger partial charge in [-0.25, -0.2) is 0 Å². The molecule has 0 saturated carbocycles. The van der Waals surface area contributed by atoms with E-state index in [0.29, 0.717) is 30.9 Å². The molecule has 0 fully saturated rings. The normalized spacial score (nSPS) is 14.7. The van der Waals surface area contributed by atoms with Gasteiger partial charge in [-0.05, 0) is 41.3 Å². The van der Waals surface area contributed by atoms with Crippen LogP contribution < -0.4 is 9.64 Å². The van der Waals surface area contributed by atoms with E-state index in [9.17, 15) is 14.9 Å². The summed E-state index contributed by atoms with van der Waals surface area (Å²) in [6.45, 7) is 3.65. The second kappa shape index (κ2) is 11.8. The maximum atomic E-state index is 14.1. The van der Waals surface area contributed by atoms with E-state index in [1.807, 2.05) is 84.9 Å². The molecule has 7 nitrogen and oxygen atoms in total. The van der Waals surface area contributed by atoms with Gasteiger partial charge in [0.25, 0.3) is 11.6 Å². The second-order valence-corrected chi connectivity index (χ2v) is 9.64. The Hall–Kier alpha value is -4.65. The molecule has 198 valence electrons. The molecule has 39 heavy (non-hydrogen) atoms. The van der Waals surface area contributed by atoms with Gasteiger partial charge in [-0.1, -0.05) is 86.1 Å². The van der Waals surface area contributed by atoms with Gasteiger partial charge in [-0.2, -0.15) is 0 Å². The zero-order valence-electron chi connectivity index (χ0n) is 21.9. The summed E-state index contributed by atoms with van der Waals surface area (Å²) >= 11 is 0. The summed E-state index contributed by atoms with van der Waals surface area (Å²) in [7, 11) is 0. The Bertz CT molecular complexity index is 1430. The molecule has 1 heterocycles. The second-order valence-electron chi connectivity index (χ2n) is 9.64. The highest BCUT2D eigenvalue weighted by Crippen LogP contribution is 2.42. The van der Waals surface area contributed by atoms with Crippen molar-refractivity contribution in [3.63, 3.8) is 0 Å². The van der Waals surface area contributed by atoms with E-state index in [0.717, 1.165) is 35.3 Å². The Morgan fingerprint density at radius 1 is 0.821 bits per heavy atom. The van der Waals surface area contributed by atoms with Crippen LogP contribution in [-0.2, 0) is 13.1 Å². The molecular formula is C32H31N3O4.